The van der Waals surface area contributed by atoms with Gasteiger partial charge in [0.2, 0.25) is 0 Å². The number of rotatable bonds is 7. The monoisotopic (exact) mass is 584 g/mol. The van der Waals surface area contributed by atoms with Crippen molar-refractivity contribution in [2.75, 3.05) is 12.4 Å². The van der Waals surface area contributed by atoms with Gasteiger partial charge in [-0.3, -0.25) is 14.2 Å². The largest absolute Gasteiger partial charge is 0.491 e. The molecule has 0 aliphatic rings. The summed E-state index contributed by atoms with van der Waals surface area (Å²) in [5.74, 6) is 0.510. The van der Waals surface area contributed by atoms with Gasteiger partial charge in [-0.2, -0.15) is 0 Å². The van der Waals surface area contributed by atoms with Crippen LogP contribution in [-0.4, -0.2) is 32.8 Å². The van der Waals surface area contributed by atoms with E-state index in [1.54, 1.807) is 10.6 Å². The molecule has 0 amide bonds. The number of benzene rings is 3. The minimum Gasteiger partial charge on any atom is -0.491 e. The first-order chi connectivity index (χ1) is 16.4. The van der Waals surface area contributed by atoms with Gasteiger partial charge in [-0.25, -0.2) is 4.98 Å². The minimum absolute atomic E-state index is 0.0527. The third-order valence-corrected chi connectivity index (χ3v) is 7.55. The fraction of sp³-hybridized carbons (Fsp3) is 0.192. The van der Waals surface area contributed by atoms with Gasteiger partial charge >= 0.3 is 5.97 Å². The van der Waals surface area contributed by atoms with E-state index >= 15 is 0 Å². The van der Waals surface area contributed by atoms with Crippen molar-refractivity contribution in [2.45, 2.75) is 18.2 Å². The fourth-order valence-electron chi connectivity index (χ4n) is 3.82. The molecule has 1 heterocycles. The summed E-state index contributed by atoms with van der Waals surface area (Å²) < 4.78 is 12.9. The van der Waals surface area contributed by atoms with E-state index in [9.17, 15) is 9.59 Å². The molecule has 1 atom stereocenters. The van der Waals surface area contributed by atoms with E-state index in [1.807, 2.05) is 60.7 Å². The van der Waals surface area contributed by atoms with Gasteiger partial charge in [-0.05, 0) is 24.6 Å². The molecule has 0 fully saturated rings. The van der Waals surface area contributed by atoms with Crippen molar-refractivity contribution in [1.29, 1.82) is 0 Å². The Balaban J connectivity index is 2.13. The van der Waals surface area contributed by atoms with Crippen LogP contribution in [0.5, 0.6) is 11.5 Å². The minimum atomic E-state index is -0.482. The molecule has 0 saturated carbocycles. The average molecular weight is 586 g/mol. The molecule has 0 spiro atoms. The molecular formula is C26H22Br2N2O4. The Morgan fingerprint density at radius 1 is 1.06 bits per heavy atom. The molecule has 0 bridgehead atoms. The molecule has 4 rings (SSSR count). The van der Waals surface area contributed by atoms with Gasteiger partial charge in [0.25, 0.3) is 5.56 Å². The summed E-state index contributed by atoms with van der Waals surface area (Å²) in [5.41, 5.74) is 2.23. The van der Waals surface area contributed by atoms with Crippen LogP contribution in [0.25, 0.3) is 28.0 Å². The number of nitrogens with zero attached hydrogens (tertiary/aromatic N) is 2. The van der Waals surface area contributed by atoms with Crippen molar-refractivity contribution in [3.63, 3.8) is 0 Å². The fourth-order valence-corrected chi connectivity index (χ4v) is 4.40. The Bertz CT molecular complexity index is 1390. The highest BCUT2D eigenvalue weighted by atomic mass is 79.9. The highest BCUT2D eigenvalue weighted by molar-refractivity contribution is 9.12. The number of para-hydroxylation sites is 1. The zero-order valence-corrected chi connectivity index (χ0v) is 21.8. The SMILES string of the molecule is COc1c(OC(C)=O)c(CC(Br)CBr)cc2c(=O)n(-c3ccccc3)c(-c3ccccc3)nc12. The Morgan fingerprint density at radius 2 is 1.71 bits per heavy atom. The van der Waals surface area contributed by atoms with Crippen LogP contribution in [0.1, 0.15) is 12.5 Å². The topological polar surface area (TPSA) is 70.4 Å². The molecule has 0 N–H and O–H groups in total. The van der Waals surface area contributed by atoms with Crippen molar-refractivity contribution in [3.05, 3.63) is 82.6 Å². The van der Waals surface area contributed by atoms with E-state index in [1.165, 1.54) is 14.0 Å². The van der Waals surface area contributed by atoms with E-state index in [2.05, 4.69) is 31.9 Å². The van der Waals surface area contributed by atoms with Crippen LogP contribution in [0.4, 0.5) is 0 Å². The Morgan fingerprint density at radius 3 is 2.29 bits per heavy atom. The van der Waals surface area contributed by atoms with Crippen LogP contribution in [0, 0.1) is 0 Å². The number of aromatic nitrogens is 2. The van der Waals surface area contributed by atoms with Crippen LogP contribution in [0.15, 0.2) is 71.5 Å². The molecule has 34 heavy (non-hydrogen) atoms. The highest BCUT2D eigenvalue weighted by Gasteiger charge is 2.24. The summed E-state index contributed by atoms with van der Waals surface area (Å²) in [5, 5.41) is 1.05. The summed E-state index contributed by atoms with van der Waals surface area (Å²) in [6.45, 7) is 1.33. The lowest BCUT2D eigenvalue weighted by Gasteiger charge is -2.19. The molecule has 1 unspecified atom stereocenters. The van der Waals surface area contributed by atoms with Gasteiger partial charge in [0.05, 0.1) is 18.2 Å². The van der Waals surface area contributed by atoms with Crippen molar-refractivity contribution in [3.8, 4) is 28.6 Å². The first-order valence-corrected chi connectivity index (χ1v) is 12.6. The van der Waals surface area contributed by atoms with E-state index in [0.717, 1.165) is 5.56 Å². The number of hydrogen-bond donors (Lipinski definition) is 0. The van der Waals surface area contributed by atoms with E-state index in [-0.39, 0.29) is 21.9 Å². The summed E-state index contributed by atoms with van der Waals surface area (Å²) in [4.78, 5) is 30.8. The summed E-state index contributed by atoms with van der Waals surface area (Å²) in [6, 6.07) is 20.6. The van der Waals surface area contributed by atoms with E-state index in [4.69, 9.17) is 14.5 Å². The van der Waals surface area contributed by atoms with Gasteiger partial charge in [-0.15, -0.1) is 0 Å². The second-order valence-electron chi connectivity index (χ2n) is 7.62. The molecule has 1 aromatic heterocycles. The van der Waals surface area contributed by atoms with Gasteiger partial charge in [0.1, 0.15) is 11.3 Å². The van der Waals surface area contributed by atoms with Crippen LogP contribution < -0.4 is 15.0 Å². The molecule has 8 heteroatoms. The quantitative estimate of drug-likeness (QED) is 0.158. The third-order valence-electron chi connectivity index (χ3n) is 5.25. The van der Waals surface area contributed by atoms with E-state index < -0.39 is 5.97 Å². The Hall–Kier alpha value is -2.97. The molecule has 0 saturated heterocycles. The van der Waals surface area contributed by atoms with Gasteiger partial charge in [0, 0.05) is 28.2 Å². The molecule has 174 valence electrons. The van der Waals surface area contributed by atoms with Gasteiger partial charge in [-0.1, -0.05) is 80.4 Å². The third kappa shape index (κ3) is 4.79. The van der Waals surface area contributed by atoms with Gasteiger partial charge in [0.15, 0.2) is 11.5 Å². The zero-order valence-electron chi connectivity index (χ0n) is 18.6. The second-order valence-corrected chi connectivity index (χ2v) is 9.56. The molecule has 4 aromatic rings. The number of methoxy groups -OCH3 is 1. The molecular weight excluding hydrogens is 564 g/mol. The van der Waals surface area contributed by atoms with Crippen LogP contribution in [0.3, 0.4) is 0 Å². The number of ether oxygens (including phenoxy) is 2. The maximum Gasteiger partial charge on any atom is 0.308 e. The van der Waals surface area contributed by atoms with Crippen molar-refractivity contribution in [1.82, 2.24) is 9.55 Å². The highest BCUT2D eigenvalue weighted by Crippen LogP contribution is 2.39. The predicted octanol–water partition coefficient (Wildman–Crippen LogP) is 5.69. The lowest BCUT2D eigenvalue weighted by Crippen LogP contribution is -2.23. The number of alkyl halides is 2. The number of halogens is 2. The average Bonchev–Trinajstić information content (AvgIpc) is 2.85. The lowest BCUT2D eigenvalue weighted by atomic mass is 10.0. The first kappa shape index (κ1) is 24.2. The number of fused-ring (bicyclic) bond motifs is 1. The zero-order chi connectivity index (χ0) is 24.2. The maximum atomic E-state index is 14.0. The lowest BCUT2D eigenvalue weighted by molar-refractivity contribution is -0.132. The molecule has 3 aromatic carbocycles. The van der Waals surface area contributed by atoms with E-state index in [0.29, 0.717) is 39.7 Å². The summed E-state index contributed by atoms with van der Waals surface area (Å²) >= 11 is 7.07. The maximum absolute atomic E-state index is 14.0. The van der Waals surface area contributed by atoms with Crippen molar-refractivity contribution in [2.24, 2.45) is 0 Å². The Labute approximate surface area is 213 Å². The number of hydrogen-bond acceptors (Lipinski definition) is 5. The standard InChI is InChI=1S/C26H22Br2N2O4/c1-16(31)34-23-18(13-19(28)15-27)14-21-22(24(23)33-2)29-25(17-9-5-3-6-10-17)30(26(21)32)20-11-7-4-8-12-20/h3-12,14,19H,13,15H2,1-2H3. The van der Waals surface area contributed by atoms with Crippen molar-refractivity contribution < 1.29 is 14.3 Å². The Kier molecular flexibility index (Phi) is 7.48. The molecule has 0 aliphatic carbocycles. The summed E-state index contributed by atoms with van der Waals surface area (Å²) in [6.07, 6.45) is 0.505. The first-order valence-electron chi connectivity index (χ1n) is 10.6. The normalized spacial score (nSPS) is 11.9. The molecule has 0 aliphatic heterocycles. The smallest absolute Gasteiger partial charge is 0.308 e. The van der Waals surface area contributed by atoms with Gasteiger partial charge < -0.3 is 9.47 Å². The summed E-state index contributed by atoms with van der Waals surface area (Å²) in [7, 11) is 1.48. The van der Waals surface area contributed by atoms with Crippen LogP contribution >= 0.6 is 31.9 Å². The number of carbonyl (C=O) groups is 1. The number of esters is 1. The second kappa shape index (κ2) is 10.5. The van der Waals surface area contributed by atoms with Crippen LogP contribution in [0.2, 0.25) is 0 Å². The number of carbonyl (C=O) groups excluding carboxylic acids is 1. The molecule has 6 nitrogen and oxygen atoms in total. The van der Waals surface area contributed by atoms with Crippen LogP contribution in [-0.2, 0) is 11.2 Å². The van der Waals surface area contributed by atoms with Crippen molar-refractivity contribution >= 4 is 48.7 Å². The predicted molar refractivity (Wildman–Crippen MR) is 141 cm³/mol. The molecule has 0 radical (unpaired) electrons.